The van der Waals surface area contributed by atoms with Crippen LogP contribution < -0.4 is 14.4 Å². The minimum atomic E-state index is -4.23. The topological polar surface area (TPSA) is 96.0 Å². The Kier molecular flexibility index (Phi) is 10.1. The SMILES string of the molecule is COc1ccc(S(=O)(=O)N(CC(=O)N(Cc2cccc(Cl)c2)[C@H](C)C(=O)NC(C)(C)C)c2cccc(Cl)c2)cc1. The first kappa shape index (κ1) is 31.3. The Morgan fingerprint density at radius 2 is 1.55 bits per heavy atom. The lowest BCUT2D eigenvalue weighted by molar-refractivity contribution is -0.140. The van der Waals surface area contributed by atoms with E-state index in [0.29, 0.717) is 21.4 Å². The van der Waals surface area contributed by atoms with Gasteiger partial charge < -0.3 is 15.0 Å². The Morgan fingerprint density at radius 3 is 2.10 bits per heavy atom. The van der Waals surface area contributed by atoms with Crippen molar-refractivity contribution in [3.8, 4) is 5.75 Å². The number of hydrogen-bond acceptors (Lipinski definition) is 5. The van der Waals surface area contributed by atoms with E-state index in [1.165, 1.54) is 42.3 Å². The largest absolute Gasteiger partial charge is 0.497 e. The molecule has 0 heterocycles. The number of amides is 2. The minimum absolute atomic E-state index is 0.0318. The number of ether oxygens (including phenoxy) is 1. The average Bonchev–Trinajstić information content (AvgIpc) is 2.88. The fourth-order valence-corrected chi connectivity index (χ4v) is 5.73. The Bertz CT molecular complexity index is 1460. The first-order valence-corrected chi connectivity index (χ1v) is 14.7. The van der Waals surface area contributed by atoms with Crippen LogP contribution in [0.3, 0.4) is 0 Å². The molecule has 0 unspecified atom stereocenters. The number of halogens is 2. The van der Waals surface area contributed by atoms with Gasteiger partial charge in [-0.1, -0.05) is 41.4 Å². The van der Waals surface area contributed by atoms with Gasteiger partial charge in [0.2, 0.25) is 11.8 Å². The van der Waals surface area contributed by atoms with Crippen molar-refractivity contribution in [2.75, 3.05) is 18.0 Å². The smallest absolute Gasteiger partial charge is 0.264 e. The van der Waals surface area contributed by atoms with E-state index < -0.39 is 34.1 Å². The van der Waals surface area contributed by atoms with E-state index in [4.69, 9.17) is 27.9 Å². The third-order valence-corrected chi connectivity index (χ3v) is 8.19. The highest BCUT2D eigenvalue weighted by molar-refractivity contribution is 7.92. The highest BCUT2D eigenvalue weighted by Gasteiger charge is 2.33. The van der Waals surface area contributed by atoms with Crippen molar-refractivity contribution in [1.29, 1.82) is 0 Å². The van der Waals surface area contributed by atoms with Crippen LogP contribution in [0.15, 0.2) is 77.7 Å². The molecule has 1 N–H and O–H groups in total. The number of nitrogens with zero attached hydrogens (tertiary/aromatic N) is 2. The summed E-state index contributed by atoms with van der Waals surface area (Å²) in [7, 11) is -2.75. The third-order valence-electron chi connectivity index (χ3n) is 5.93. The molecule has 0 aromatic heterocycles. The normalized spacial score (nSPS) is 12.4. The zero-order valence-corrected chi connectivity index (χ0v) is 25.3. The fourth-order valence-electron chi connectivity index (χ4n) is 3.92. The second-order valence-corrected chi connectivity index (χ2v) is 13.0. The van der Waals surface area contributed by atoms with Gasteiger partial charge in [0, 0.05) is 22.1 Å². The predicted molar refractivity (Wildman–Crippen MR) is 158 cm³/mol. The van der Waals surface area contributed by atoms with Gasteiger partial charge in [0.25, 0.3) is 10.0 Å². The summed E-state index contributed by atoms with van der Waals surface area (Å²) in [5.41, 5.74) is 0.343. The number of hydrogen-bond donors (Lipinski definition) is 1. The number of carbonyl (C=O) groups is 2. The van der Waals surface area contributed by atoms with Gasteiger partial charge in [0.15, 0.2) is 0 Å². The van der Waals surface area contributed by atoms with Crippen LogP contribution in [0.25, 0.3) is 0 Å². The molecule has 11 heteroatoms. The van der Waals surface area contributed by atoms with E-state index in [0.717, 1.165) is 4.31 Å². The lowest BCUT2D eigenvalue weighted by atomic mass is 10.1. The Labute approximate surface area is 245 Å². The molecule has 1 atom stereocenters. The zero-order valence-electron chi connectivity index (χ0n) is 23.0. The highest BCUT2D eigenvalue weighted by Crippen LogP contribution is 2.28. The molecule has 0 spiro atoms. The van der Waals surface area contributed by atoms with E-state index in [2.05, 4.69) is 5.32 Å². The van der Waals surface area contributed by atoms with Crippen molar-refractivity contribution in [1.82, 2.24) is 10.2 Å². The number of carbonyl (C=O) groups excluding carboxylic acids is 2. The van der Waals surface area contributed by atoms with Crippen molar-refractivity contribution in [3.05, 3.63) is 88.4 Å². The quantitative estimate of drug-likeness (QED) is 0.328. The molecule has 40 heavy (non-hydrogen) atoms. The van der Waals surface area contributed by atoms with Crippen molar-refractivity contribution in [3.63, 3.8) is 0 Å². The van der Waals surface area contributed by atoms with Gasteiger partial charge in [0.05, 0.1) is 17.7 Å². The number of sulfonamides is 1. The Hall–Kier alpha value is -3.27. The molecule has 0 aliphatic rings. The summed E-state index contributed by atoms with van der Waals surface area (Å²) in [4.78, 5) is 28.4. The molecule has 2 amide bonds. The predicted octanol–water partition coefficient (Wildman–Crippen LogP) is 5.53. The molecule has 0 aliphatic heterocycles. The van der Waals surface area contributed by atoms with E-state index >= 15 is 0 Å². The van der Waals surface area contributed by atoms with Crippen LogP contribution in [-0.4, -0.2) is 50.4 Å². The second kappa shape index (κ2) is 12.9. The van der Waals surface area contributed by atoms with Crippen LogP contribution in [0.2, 0.25) is 10.0 Å². The number of rotatable bonds is 10. The number of methoxy groups -OCH3 is 1. The maximum Gasteiger partial charge on any atom is 0.264 e. The van der Waals surface area contributed by atoms with E-state index in [1.807, 2.05) is 20.8 Å². The van der Waals surface area contributed by atoms with Gasteiger partial charge in [-0.3, -0.25) is 13.9 Å². The molecule has 0 fully saturated rings. The van der Waals surface area contributed by atoms with Crippen molar-refractivity contribution < 1.29 is 22.7 Å². The lowest BCUT2D eigenvalue weighted by Gasteiger charge is -2.33. The second-order valence-electron chi connectivity index (χ2n) is 10.2. The molecule has 3 aromatic carbocycles. The minimum Gasteiger partial charge on any atom is -0.497 e. The van der Waals surface area contributed by atoms with Crippen molar-refractivity contribution in [2.24, 2.45) is 0 Å². The van der Waals surface area contributed by atoms with Gasteiger partial charge >= 0.3 is 0 Å². The zero-order chi connectivity index (χ0) is 29.7. The van der Waals surface area contributed by atoms with E-state index in [1.54, 1.807) is 49.4 Å². The summed E-state index contributed by atoms with van der Waals surface area (Å²) in [6.07, 6.45) is 0. The first-order valence-electron chi connectivity index (χ1n) is 12.5. The summed E-state index contributed by atoms with van der Waals surface area (Å²) >= 11 is 12.4. The molecular formula is C29H33Cl2N3O5S. The molecule has 8 nitrogen and oxygen atoms in total. The molecule has 3 rings (SSSR count). The molecule has 3 aromatic rings. The van der Waals surface area contributed by atoms with Gasteiger partial charge in [-0.15, -0.1) is 0 Å². The maximum absolute atomic E-state index is 13.9. The number of nitrogens with one attached hydrogen (secondary N) is 1. The van der Waals surface area contributed by atoms with Crippen LogP contribution in [0, 0.1) is 0 Å². The van der Waals surface area contributed by atoms with Crippen molar-refractivity contribution >= 4 is 50.7 Å². The summed E-state index contributed by atoms with van der Waals surface area (Å²) in [6, 6.07) is 18.1. The van der Waals surface area contributed by atoms with Crippen molar-refractivity contribution in [2.45, 2.75) is 50.7 Å². The standard InChI is InChI=1S/C29H33Cl2N3O5S/c1-20(28(36)32-29(2,3)4)33(18-21-8-6-9-22(30)16-21)27(35)19-34(24-11-7-10-23(31)17-24)40(37,38)26-14-12-25(39-5)13-15-26/h6-17,20H,18-19H2,1-5H3,(H,32,36)/t20-/m1/s1. The number of anilines is 1. The summed E-state index contributed by atoms with van der Waals surface area (Å²) in [5, 5.41) is 3.66. The van der Waals surface area contributed by atoms with Gasteiger partial charge in [-0.05, 0) is 87.9 Å². The number of benzene rings is 3. The maximum atomic E-state index is 13.9. The average molecular weight is 607 g/mol. The molecule has 214 valence electrons. The third kappa shape index (κ3) is 8.13. The highest BCUT2D eigenvalue weighted by atomic mass is 35.5. The van der Waals surface area contributed by atoms with Crippen LogP contribution in [0.5, 0.6) is 5.75 Å². The van der Waals surface area contributed by atoms with Crippen LogP contribution in [0.1, 0.15) is 33.3 Å². The summed E-state index contributed by atoms with van der Waals surface area (Å²) in [5.74, 6) is -0.487. The molecule has 0 saturated carbocycles. The molecule has 0 radical (unpaired) electrons. The van der Waals surface area contributed by atoms with Crippen LogP contribution in [0.4, 0.5) is 5.69 Å². The van der Waals surface area contributed by atoms with Gasteiger partial charge in [0.1, 0.15) is 18.3 Å². The van der Waals surface area contributed by atoms with E-state index in [9.17, 15) is 18.0 Å². The van der Waals surface area contributed by atoms with Gasteiger partial charge in [-0.25, -0.2) is 8.42 Å². The first-order chi connectivity index (χ1) is 18.7. The van der Waals surface area contributed by atoms with Crippen LogP contribution >= 0.6 is 23.2 Å². The molecule has 0 saturated heterocycles. The monoisotopic (exact) mass is 605 g/mol. The molecule has 0 bridgehead atoms. The van der Waals surface area contributed by atoms with Gasteiger partial charge in [-0.2, -0.15) is 0 Å². The lowest BCUT2D eigenvalue weighted by Crippen LogP contribution is -2.54. The Balaban J connectivity index is 2.04. The molecular weight excluding hydrogens is 573 g/mol. The molecule has 0 aliphatic carbocycles. The fraction of sp³-hybridized carbons (Fsp3) is 0.310. The van der Waals surface area contributed by atoms with Crippen LogP contribution in [-0.2, 0) is 26.2 Å². The summed E-state index contributed by atoms with van der Waals surface area (Å²) in [6.45, 7) is 6.56. The Morgan fingerprint density at radius 1 is 0.950 bits per heavy atom. The van der Waals surface area contributed by atoms with E-state index in [-0.39, 0.29) is 23.0 Å². The summed E-state index contributed by atoms with van der Waals surface area (Å²) < 4.78 is 33.9.